The fourth-order valence-corrected chi connectivity index (χ4v) is 0.768. The van der Waals surface area contributed by atoms with Gasteiger partial charge in [0.1, 0.15) is 5.84 Å². The largest absolute Gasteiger partial charge is 0.384 e. The highest BCUT2D eigenvalue weighted by molar-refractivity contribution is 5.95. The summed E-state index contributed by atoms with van der Waals surface area (Å²) < 4.78 is 0. The summed E-state index contributed by atoms with van der Waals surface area (Å²) >= 11 is 0. The van der Waals surface area contributed by atoms with Gasteiger partial charge in [-0.2, -0.15) is 4.99 Å². The van der Waals surface area contributed by atoms with E-state index in [4.69, 9.17) is 11.1 Å². The summed E-state index contributed by atoms with van der Waals surface area (Å²) in [4.78, 5) is 13.2. The number of nitrogens with one attached hydrogen (secondary N) is 1. The molecule has 0 heterocycles. The van der Waals surface area contributed by atoms with Gasteiger partial charge in [0.15, 0.2) is 0 Å². The van der Waals surface area contributed by atoms with Crippen LogP contribution in [0, 0.1) is 5.41 Å². The van der Waals surface area contributed by atoms with Crippen LogP contribution in [0.25, 0.3) is 0 Å². The molecule has 0 saturated heterocycles. The van der Waals surface area contributed by atoms with E-state index in [1.54, 1.807) is 24.3 Å². The van der Waals surface area contributed by atoms with Crippen LogP contribution in [-0.2, 0) is 4.79 Å². The third-order valence-corrected chi connectivity index (χ3v) is 1.35. The second-order valence-electron chi connectivity index (χ2n) is 2.16. The molecule has 1 aromatic carbocycles. The Morgan fingerprint density at radius 1 is 1.42 bits per heavy atom. The minimum atomic E-state index is -0.00312. The van der Waals surface area contributed by atoms with Crippen LogP contribution in [0.15, 0.2) is 29.3 Å². The van der Waals surface area contributed by atoms with Gasteiger partial charge in [0, 0.05) is 5.56 Å². The molecule has 60 valence electrons. The van der Waals surface area contributed by atoms with Crippen LogP contribution in [0.1, 0.15) is 5.56 Å². The summed E-state index contributed by atoms with van der Waals surface area (Å²) in [6.45, 7) is 0. The second-order valence-corrected chi connectivity index (χ2v) is 2.16. The number of nitrogens with zero attached hydrogens (tertiary/aromatic N) is 1. The highest BCUT2D eigenvalue weighted by atomic mass is 16.1. The number of hydrogen-bond acceptors (Lipinski definition) is 3. The van der Waals surface area contributed by atoms with Gasteiger partial charge in [-0.15, -0.1) is 0 Å². The first-order chi connectivity index (χ1) is 5.74. The van der Waals surface area contributed by atoms with Gasteiger partial charge in [-0.05, 0) is 24.3 Å². The van der Waals surface area contributed by atoms with E-state index in [1.807, 2.05) is 0 Å². The number of benzene rings is 1. The maximum Gasteiger partial charge on any atom is 0.240 e. The topological polar surface area (TPSA) is 79.3 Å². The lowest BCUT2D eigenvalue weighted by molar-refractivity contribution is 0.565. The quantitative estimate of drug-likeness (QED) is 0.384. The van der Waals surface area contributed by atoms with Crippen molar-refractivity contribution in [3.8, 4) is 0 Å². The van der Waals surface area contributed by atoms with Crippen molar-refractivity contribution in [1.29, 1.82) is 5.41 Å². The van der Waals surface area contributed by atoms with E-state index in [1.165, 1.54) is 6.08 Å². The summed E-state index contributed by atoms with van der Waals surface area (Å²) in [5.74, 6) is -0.00312. The van der Waals surface area contributed by atoms with Crippen LogP contribution in [0.5, 0.6) is 0 Å². The minimum absolute atomic E-state index is 0.00312. The molecule has 1 rings (SSSR count). The molecule has 0 saturated carbocycles. The van der Waals surface area contributed by atoms with E-state index in [2.05, 4.69) is 4.99 Å². The van der Waals surface area contributed by atoms with Crippen molar-refractivity contribution >= 4 is 17.6 Å². The van der Waals surface area contributed by atoms with Crippen molar-refractivity contribution in [3.05, 3.63) is 29.8 Å². The van der Waals surface area contributed by atoms with Crippen molar-refractivity contribution in [2.24, 2.45) is 10.7 Å². The molecule has 0 amide bonds. The lowest BCUT2D eigenvalue weighted by Gasteiger charge is -1.96. The van der Waals surface area contributed by atoms with Crippen LogP contribution in [0.4, 0.5) is 5.69 Å². The molecular formula is C8H7N3O. The zero-order valence-electron chi connectivity index (χ0n) is 6.24. The fourth-order valence-electron chi connectivity index (χ4n) is 0.768. The number of rotatable bonds is 2. The second kappa shape index (κ2) is 3.46. The Bertz CT molecular complexity index is 315. The molecule has 1 aromatic rings. The smallest absolute Gasteiger partial charge is 0.240 e. The average Bonchev–Trinajstić information content (AvgIpc) is 2.06. The van der Waals surface area contributed by atoms with E-state index in [0.717, 1.165) is 0 Å². The zero-order valence-corrected chi connectivity index (χ0v) is 6.24. The highest BCUT2D eigenvalue weighted by Crippen LogP contribution is 2.11. The Morgan fingerprint density at radius 2 is 2.00 bits per heavy atom. The first kappa shape index (κ1) is 8.17. The number of nitrogens with two attached hydrogens (primary N) is 1. The number of nitrogen functional groups attached to an aromatic ring is 1. The monoisotopic (exact) mass is 161 g/mol. The molecular weight excluding hydrogens is 154 g/mol. The molecule has 0 bridgehead atoms. The Labute approximate surface area is 69.2 Å². The van der Waals surface area contributed by atoms with E-state index >= 15 is 0 Å². The van der Waals surface area contributed by atoms with Gasteiger partial charge in [0.2, 0.25) is 6.08 Å². The van der Waals surface area contributed by atoms with Gasteiger partial charge in [-0.1, -0.05) is 0 Å². The molecule has 12 heavy (non-hydrogen) atoms. The van der Waals surface area contributed by atoms with E-state index in [0.29, 0.717) is 11.3 Å². The number of aliphatic imine (C=N–C) groups is 1. The Balaban J connectivity index is 3.00. The molecule has 0 radical (unpaired) electrons. The van der Waals surface area contributed by atoms with E-state index in [-0.39, 0.29) is 5.84 Å². The molecule has 3 N–H and O–H groups in total. The number of hydrogen-bond donors (Lipinski definition) is 2. The third-order valence-electron chi connectivity index (χ3n) is 1.35. The fraction of sp³-hybridized carbons (Fsp3) is 0. The standard InChI is InChI=1S/C8H7N3O/c9-8(10)6-1-3-7(4-2-6)11-5-12/h1-4H,(H3,9,10). The van der Waals surface area contributed by atoms with Crippen LogP contribution in [-0.4, -0.2) is 11.9 Å². The van der Waals surface area contributed by atoms with Gasteiger partial charge in [-0.3, -0.25) is 5.41 Å². The molecule has 0 aliphatic carbocycles. The van der Waals surface area contributed by atoms with Crippen LogP contribution < -0.4 is 5.73 Å². The minimum Gasteiger partial charge on any atom is -0.384 e. The summed E-state index contributed by atoms with van der Waals surface area (Å²) in [6, 6.07) is 6.44. The van der Waals surface area contributed by atoms with Gasteiger partial charge in [0.05, 0.1) is 5.69 Å². The van der Waals surface area contributed by atoms with Crippen molar-refractivity contribution in [1.82, 2.24) is 0 Å². The van der Waals surface area contributed by atoms with Crippen LogP contribution >= 0.6 is 0 Å². The van der Waals surface area contributed by atoms with Gasteiger partial charge in [0.25, 0.3) is 0 Å². The molecule has 0 fully saturated rings. The maximum absolute atomic E-state index is 9.83. The summed E-state index contributed by atoms with van der Waals surface area (Å²) in [5.41, 5.74) is 6.33. The molecule has 0 aliphatic rings. The molecule has 0 aliphatic heterocycles. The summed E-state index contributed by atoms with van der Waals surface area (Å²) in [5, 5.41) is 7.08. The number of carbonyl (C=O) groups excluding carboxylic acids is 1. The van der Waals surface area contributed by atoms with Crippen LogP contribution in [0.2, 0.25) is 0 Å². The highest BCUT2D eigenvalue weighted by Gasteiger charge is 1.94. The van der Waals surface area contributed by atoms with Gasteiger partial charge < -0.3 is 5.73 Å². The van der Waals surface area contributed by atoms with Crippen LogP contribution in [0.3, 0.4) is 0 Å². The molecule has 0 spiro atoms. The Morgan fingerprint density at radius 3 is 2.42 bits per heavy atom. The zero-order chi connectivity index (χ0) is 8.97. The Kier molecular flexibility index (Phi) is 2.35. The molecule has 4 nitrogen and oxygen atoms in total. The lowest BCUT2D eigenvalue weighted by Crippen LogP contribution is -2.10. The van der Waals surface area contributed by atoms with E-state index in [9.17, 15) is 4.79 Å². The maximum atomic E-state index is 9.83. The van der Waals surface area contributed by atoms with E-state index < -0.39 is 0 Å². The van der Waals surface area contributed by atoms with Gasteiger partial charge in [-0.25, -0.2) is 4.79 Å². The first-order valence-corrected chi connectivity index (χ1v) is 3.26. The predicted molar refractivity (Wildman–Crippen MR) is 45.2 cm³/mol. The number of amidine groups is 1. The predicted octanol–water partition coefficient (Wildman–Crippen LogP) is 0.938. The number of isocyanates is 1. The average molecular weight is 161 g/mol. The molecule has 0 atom stereocenters. The normalized spacial score (nSPS) is 8.67. The lowest BCUT2D eigenvalue weighted by atomic mass is 10.2. The Hall–Kier alpha value is -1.93. The van der Waals surface area contributed by atoms with Crippen molar-refractivity contribution < 1.29 is 4.79 Å². The summed E-state index contributed by atoms with van der Waals surface area (Å²) in [6.07, 6.45) is 1.42. The van der Waals surface area contributed by atoms with Crippen molar-refractivity contribution in [2.75, 3.05) is 0 Å². The van der Waals surface area contributed by atoms with Gasteiger partial charge >= 0.3 is 0 Å². The first-order valence-electron chi connectivity index (χ1n) is 3.26. The van der Waals surface area contributed by atoms with Crippen molar-refractivity contribution in [3.63, 3.8) is 0 Å². The molecule has 4 heteroatoms. The van der Waals surface area contributed by atoms with Crippen molar-refractivity contribution in [2.45, 2.75) is 0 Å². The molecule has 0 aromatic heterocycles. The third kappa shape index (κ3) is 1.78. The molecule has 0 unspecified atom stereocenters. The SMILES string of the molecule is N=C(N)c1ccc(N=C=O)cc1. The summed E-state index contributed by atoms with van der Waals surface area (Å²) in [7, 11) is 0.